The molecule has 0 fully saturated rings. The SMILES string of the molecule is CCCc1cncc(C(C)C)n1. The third kappa shape index (κ3) is 2.29. The van der Waals surface area contributed by atoms with E-state index in [4.69, 9.17) is 0 Å². The number of aryl methyl sites for hydroxylation is 1. The zero-order valence-electron chi connectivity index (χ0n) is 8.04. The molecule has 1 aromatic rings. The maximum absolute atomic E-state index is 4.50. The highest BCUT2D eigenvalue weighted by Gasteiger charge is 2.01. The Morgan fingerprint density at radius 1 is 1.33 bits per heavy atom. The Morgan fingerprint density at radius 3 is 2.67 bits per heavy atom. The molecule has 2 heteroatoms. The van der Waals surface area contributed by atoms with E-state index in [0.29, 0.717) is 5.92 Å². The first-order valence-electron chi connectivity index (χ1n) is 4.54. The van der Waals surface area contributed by atoms with Crippen LogP contribution in [0, 0.1) is 0 Å². The van der Waals surface area contributed by atoms with Crippen LogP contribution in [0.5, 0.6) is 0 Å². The first-order chi connectivity index (χ1) is 5.74. The van der Waals surface area contributed by atoms with Crippen LogP contribution < -0.4 is 0 Å². The molecule has 66 valence electrons. The minimum Gasteiger partial charge on any atom is -0.261 e. The van der Waals surface area contributed by atoms with Crippen LogP contribution in [0.3, 0.4) is 0 Å². The normalized spacial score (nSPS) is 10.7. The van der Waals surface area contributed by atoms with Gasteiger partial charge in [0, 0.05) is 12.4 Å². The monoisotopic (exact) mass is 164 g/mol. The minimum absolute atomic E-state index is 0.481. The van der Waals surface area contributed by atoms with Crippen LogP contribution in [0.4, 0.5) is 0 Å². The fourth-order valence-corrected chi connectivity index (χ4v) is 1.08. The average Bonchev–Trinajstić information content (AvgIpc) is 2.05. The van der Waals surface area contributed by atoms with E-state index in [1.807, 2.05) is 12.4 Å². The zero-order chi connectivity index (χ0) is 8.97. The molecule has 2 nitrogen and oxygen atoms in total. The molecule has 12 heavy (non-hydrogen) atoms. The standard InChI is InChI=1S/C10H16N2/c1-4-5-9-6-11-7-10(12-9)8(2)3/h6-8H,4-5H2,1-3H3. The van der Waals surface area contributed by atoms with Crippen molar-refractivity contribution in [3.05, 3.63) is 23.8 Å². The predicted octanol–water partition coefficient (Wildman–Crippen LogP) is 2.55. The van der Waals surface area contributed by atoms with Crippen LogP contribution in [0.1, 0.15) is 44.5 Å². The van der Waals surface area contributed by atoms with E-state index in [2.05, 4.69) is 30.7 Å². The Kier molecular flexibility index (Phi) is 3.20. The average molecular weight is 164 g/mol. The molecule has 0 spiro atoms. The van der Waals surface area contributed by atoms with E-state index in [1.165, 1.54) is 0 Å². The molecule has 0 aliphatic heterocycles. The summed E-state index contributed by atoms with van der Waals surface area (Å²) in [5, 5.41) is 0. The van der Waals surface area contributed by atoms with Crippen LogP contribution in [0.2, 0.25) is 0 Å². The van der Waals surface area contributed by atoms with Crippen LogP contribution in [-0.2, 0) is 6.42 Å². The fourth-order valence-electron chi connectivity index (χ4n) is 1.08. The second-order valence-electron chi connectivity index (χ2n) is 3.34. The van der Waals surface area contributed by atoms with Crippen LogP contribution in [-0.4, -0.2) is 9.97 Å². The van der Waals surface area contributed by atoms with Gasteiger partial charge in [-0.1, -0.05) is 27.2 Å². The van der Waals surface area contributed by atoms with Gasteiger partial charge in [-0.05, 0) is 12.3 Å². The number of nitrogens with zero attached hydrogens (tertiary/aromatic N) is 2. The lowest BCUT2D eigenvalue weighted by molar-refractivity contribution is 0.776. The van der Waals surface area contributed by atoms with E-state index < -0.39 is 0 Å². The van der Waals surface area contributed by atoms with Crippen LogP contribution in [0.25, 0.3) is 0 Å². The van der Waals surface area contributed by atoms with Gasteiger partial charge in [0.05, 0.1) is 11.4 Å². The molecule has 0 N–H and O–H groups in total. The molecule has 1 heterocycles. The quantitative estimate of drug-likeness (QED) is 0.686. The fraction of sp³-hybridized carbons (Fsp3) is 0.600. The Bertz CT molecular complexity index is 243. The lowest BCUT2D eigenvalue weighted by Gasteiger charge is -2.04. The van der Waals surface area contributed by atoms with E-state index in [0.717, 1.165) is 24.2 Å². The third-order valence-corrected chi connectivity index (χ3v) is 1.80. The maximum atomic E-state index is 4.50. The van der Waals surface area contributed by atoms with Crippen molar-refractivity contribution < 1.29 is 0 Å². The smallest absolute Gasteiger partial charge is 0.0615 e. The lowest BCUT2D eigenvalue weighted by atomic mass is 10.1. The molecule has 0 aliphatic rings. The van der Waals surface area contributed by atoms with Crippen LogP contribution in [0.15, 0.2) is 12.4 Å². The van der Waals surface area contributed by atoms with Crippen molar-refractivity contribution in [1.29, 1.82) is 0 Å². The van der Waals surface area contributed by atoms with Gasteiger partial charge in [0.2, 0.25) is 0 Å². The van der Waals surface area contributed by atoms with Gasteiger partial charge in [0.25, 0.3) is 0 Å². The highest BCUT2D eigenvalue weighted by atomic mass is 14.8. The molecule has 0 bridgehead atoms. The van der Waals surface area contributed by atoms with Gasteiger partial charge in [-0.25, -0.2) is 0 Å². The molecule has 1 rings (SSSR count). The second kappa shape index (κ2) is 4.19. The summed E-state index contributed by atoms with van der Waals surface area (Å²) < 4.78 is 0. The molecule has 0 saturated heterocycles. The van der Waals surface area contributed by atoms with Crippen molar-refractivity contribution in [1.82, 2.24) is 9.97 Å². The molecular weight excluding hydrogens is 148 g/mol. The first kappa shape index (κ1) is 9.17. The summed E-state index contributed by atoms with van der Waals surface area (Å²) in [5.74, 6) is 0.481. The molecule has 0 amide bonds. The Labute approximate surface area is 74.1 Å². The molecule has 0 radical (unpaired) electrons. The molecule has 0 atom stereocenters. The van der Waals surface area contributed by atoms with Gasteiger partial charge >= 0.3 is 0 Å². The van der Waals surface area contributed by atoms with Crippen LogP contribution >= 0.6 is 0 Å². The van der Waals surface area contributed by atoms with E-state index in [1.54, 1.807) is 0 Å². The molecule has 0 aliphatic carbocycles. The van der Waals surface area contributed by atoms with E-state index in [-0.39, 0.29) is 0 Å². The van der Waals surface area contributed by atoms with Crippen molar-refractivity contribution in [2.24, 2.45) is 0 Å². The second-order valence-corrected chi connectivity index (χ2v) is 3.34. The minimum atomic E-state index is 0.481. The summed E-state index contributed by atoms with van der Waals surface area (Å²) in [5.41, 5.74) is 2.21. The van der Waals surface area contributed by atoms with Crippen molar-refractivity contribution in [3.63, 3.8) is 0 Å². The van der Waals surface area contributed by atoms with Gasteiger partial charge in [-0.15, -0.1) is 0 Å². The van der Waals surface area contributed by atoms with Gasteiger partial charge < -0.3 is 0 Å². The summed E-state index contributed by atoms with van der Waals surface area (Å²) >= 11 is 0. The number of rotatable bonds is 3. The molecule has 0 aromatic carbocycles. The molecule has 1 aromatic heterocycles. The lowest BCUT2D eigenvalue weighted by Crippen LogP contribution is -1.98. The number of hydrogen-bond donors (Lipinski definition) is 0. The van der Waals surface area contributed by atoms with Crippen molar-refractivity contribution in [2.45, 2.75) is 39.5 Å². The van der Waals surface area contributed by atoms with E-state index in [9.17, 15) is 0 Å². The topological polar surface area (TPSA) is 25.8 Å². The van der Waals surface area contributed by atoms with Gasteiger partial charge in [-0.2, -0.15) is 0 Å². The highest BCUT2D eigenvalue weighted by molar-refractivity contribution is 5.06. The Balaban J connectivity index is 2.81. The molecule has 0 saturated carbocycles. The van der Waals surface area contributed by atoms with Gasteiger partial charge in [0.15, 0.2) is 0 Å². The summed E-state index contributed by atoms with van der Waals surface area (Å²) in [6, 6.07) is 0. The number of aromatic nitrogens is 2. The summed E-state index contributed by atoms with van der Waals surface area (Å²) in [7, 11) is 0. The largest absolute Gasteiger partial charge is 0.261 e. The molecular formula is C10H16N2. The van der Waals surface area contributed by atoms with E-state index >= 15 is 0 Å². The first-order valence-corrected chi connectivity index (χ1v) is 4.54. The summed E-state index contributed by atoms with van der Waals surface area (Å²) in [6.07, 6.45) is 5.88. The Morgan fingerprint density at radius 2 is 2.08 bits per heavy atom. The maximum Gasteiger partial charge on any atom is 0.0615 e. The Hall–Kier alpha value is -0.920. The van der Waals surface area contributed by atoms with Gasteiger partial charge in [0.1, 0.15) is 0 Å². The van der Waals surface area contributed by atoms with Crippen molar-refractivity contribution >= 4 is 0 Å². The summed E-state index contributed by atoms with van der Waals surface area (Å²) in [6.45, 7) is 6.43. The summed E-state index contributed by atoms with van der Waals surface area (Å²) in [4.78, 5) is 8.66. The van der Waals surface area contributed by atoms with Crippen molar-refractivity contribution in [3.8, 4) is 0 Å². The number of hydrogen-bond acceptors (Lipinski definition) is 2. The predicted molar refractivity (Wildman–Crippen MR) is 50.1 cm³/mol. The molecule has 0 unspecified atom stereocenters. The highest BCUT2D eigenvalue weighted by Crippen LogP contribution is 2.10. The van der Waals surface area contributed by atoms with Gasteiger partial charge in [-0.3, -0.25) is 9.97 Å². The zero-order valence-corrected chi connectivity index (χ0v) is 8.04. The third-order valence-electron chi connectivity index (χ3n) is 1.80. The van der Waals surface area contributed by atoms with Crippen molar-refractivity contribution in [2.75, 3.05) is 0 Å².